The van der Waals surface area contributed by atoms with Crippen molar-refractivity contribution in [2.75, 3.05) is 12.1 Å². The third-order valence-corrected chi connectivity index (χ3v) is 3.94. The Morgan fingerprint density at radius 3 is 2.96 bits per heavy atom. The smallest absolute Gasteiger partial charge is 0.231 e. The first-order valence-corrected chi connectivity index (χ1v) is 7.27. The number of fused-ring (bicyclic) bond motifs is 4. The number of hydrogen-bond acceptors (Lipinski definition) is 5. The molecule has 0 atom stereocenters. The number of nitrogens with one attached hydrogen (secondary N) is 2. The number of rotatable bonds is 2. The average Bonchev–Trinajstić information content (AvgIpc) is 3.21. The van der Waals surface area contributed by atoms with E-state index in [4.69, 9.17) is 9.47 Å². The number of pyridine rings is 1. The number of H-pyrrole nitrogens is 1. The van der Waals surface area contributed by atoms with Crippen LogP contribution >= 0.6 is 0 Å². The lowest BCUT2D eigenvalue weighted by Crippen LogP contribution is -1.93. The van der Waals surface area contributed by atoms with Gasteiger partial charge in [0, 0.05) is 17.1 Å². The molecule has 6 heteroatoms. The molecule has 0 saturated carbocycles. The summed E-state index contributed by atoms with van der Waals surface area (Å²) in [6.45, 7) is 0.264. The molecule has 6 nitrogen and oxygen atoms in total. The van der Waals surface area contributed by atoms with E-state index in [0.717, 1.165) is 44.8 Å². The third kappa shape index (κ3) is 1.88. The Bertz CT molecular complexity index is 1040. The maximum absolute atomic E-state index is 5.42. The Balaban J connectivity index is 1.64. The molecule has 1 aliphatic heterocycles. The lowest BCUT2D eigenvalue weighted by atomic mass is 10.1. The zero-order valence-electron chi connectivity index (χ0n) is 12.0. The number of anilines is 2. The van der Waals surface area contributed by atoms with Gasteiger partial charge in [0.05, 0.1) is 22.6 Å². The molecule has 2 aromatic carbocycles. The van der Waals surface area contributed by atoms with Gasteiger partial charge in [-0.2, -0.15) is 5.10 Å². The maximum atomic E-state index is 5.42. The molecule has 5 rings (SSSR count). The fourth-order valence-corrected chi connectivity index (χ4v) is 2.85. The van der Waals surface area contributed by atoms with Gasteiger partial charge >= 0.3 is 0 Å². The molecule has 0 amide bonds. The maximum Gasteiger partial charge on any atom is 0.231 e. The highest BCUT2D eigenvalue weighted by atomic mass is 16.7. The van der Waals surface area contributed by atoms with Crippen LogP contribution in [0.5, 0.6) is 11.5 Å². The van der Waals surface area contributed by atoms with Crippen molar-refractivity contribution in [2.24, 2.45) is 0 Å². The molecule has 0 bridgehead atoms. The van der Waals surface area contributed by atoms with Crippen molar-refractivity contribution < 1.29 is 9.47 Å². The summed E-state index contributed by atoms with van der Waals surface area (Å²) < 4.78 is 10.8. The number of hydrogen-bond donors (Lipinski definition) is 2. The fraction of sp³-hybridized carbons (Fsp3) is 0.0588. The van der Waals surface area contributed by atoms with Crippen LogP contribution in [0, 0.1) is 0 Å². The monoisotopic (exact) mass is 304 g/mol. The van der Waals surface area contributed by atoms with Gasteiger partial charge in [-0.25, -0.2) is 0 Å². The minimum atomic E-state index is 0.264. The number of aromatic amines is 1. The molecular weight excluding hydrogens is 292 g/mol. The molecule has 3 heterocycles. The van der Waals surface area contributed by atoms with Gasteiger partial charge in [-0.3, -0.25) is 10.1 Å². The van der Waals surface area contributed by atoms with Crippen LogP contribution < -0.4 is 14.8 Å². The van der Waals surface area contributed by atoms with E-state index in [0.29, 0.717) is 0 Å². The zero-order valence-corrected chi connectivity index (χ0v) is 12.0. The highest BCUT2D eigenvalue weighted by Crippen LogP contribution is 2.36. The summed E-state index contributed by atoms with van der Waals surface area (Å²) in [6.07, 6.45) is 1.80. The summed E-state index contributed by atoms with van der Waals surface area (Å²) in [5.41, 5.74) is 2.73. The molecule has 0 saturated heterocycles. The van der Waals surface area contributed by atoms with Crippen LogP contribution in [0.3, 0.4) is 0 Å². The van der Waals surface area contributed by atoms with Crippen LogP contribution in [0.25, 0.3) is 21.8 Å². The molecule has 0 fully saturated rings. The van der Waals surface area contributed by atoms with Gasteiger partial charge in [0.1, 0.15) is 0 Å². The number of nitrogens with zero attached hydrogens (tertiary/aromatic N) is 2. The summed E-state index contributed by atoms with van der Waals surface area (Å²) in [7, 11) is 0. The minimum absolute atomic E-state index is 0.264. The van der Waals surface area contributed by atoms with E-state index >= 15 is 0 Å². The summed E-state index contributed by atoms with van der Waals surface area (Å²) in [4.78, 5) is 4.44. The Labute approximate surface area is 131 Å². The molecule has 0 aliphatic carbocycles. The van der Waals surface area contributed by atoms with E-state index in [1.165, 1.54) is 0 Å². The highest BCUT2D eigenvalue weighted by Gasteiger charge is 2.15. The third-order valence-electron chi connectivity index (χ3n) is 3.94. The second-order valence-electron chi connectivity index (χ2n) is 5.33. The summed E-state index contributed by atoms with van der Waals surface area (Å²) >= 11 is 0. The average molecular weight is 304 g/mol. The molecule has 0 spiro atoms. The van der Waals surface area contributed by atoms with E-state index in [1.54, 1.807) is 6.20 Å². The number of para-hydroxylation sites is 1. The quantitative estimate of drug-likeness (QED) is 0.592. The molecule has 0 unspecified atom stereocenters. The van der Waals surface area contributed by atoms with Crippen LogP contribution in [-0.4, -0.2) is 22.0 Å². The molecule has 1 aliphatic rings. The standard InChI is InChI=1S/C17H12N4O2/c1-2-4-12-11(3-1)16-13(8-18-12)20-21-17(16)19-10-5-6-14-15(7-10)23-9-22-14/h1-8H,9H2,(H2,19,20,21). The van der Waals surface area contributed by atoms with Crippen LogP contribution in [-0.2, 0) is 0 Å². The van der Waals surface area contributed by atoms with Crippen molar-refractivity contribution in [1.82, 2.24) is 15.2 Å². The van der Waals surface area contributed by atoms with Crippen molar-refractivity contribution in [2.45, 2.75) is 0 Å². The van der Waals surface area contributed by atoms with Gasteiger partial charge in [0.25, 0.3) is 0 Å². The topological polar surface area (TPSA) is 72.1 Å². The lowest BCUT2D eigenvalue weighted by molar-refractivity contribution is 0.174. The Hall–Kier alpha value is -3.28. The van der Waals surface area contributed by atoms with E-state index in [1.807, 2.05) is 42.5 Å². The van der Waals surface area contributed by atoms with E-state index in [9.17, 15) is 0 Å². The van der Waals surface area contributed by atoms with Gasteiger partial charge in [-0.1, -0.05) is 18.2 Å². The van der Waals surface area contributed by atoms with E-state index in [-0.39, 0.29) is 6.79 Å². The van der Waals surface area contributed by atoms with E-state index < -0.39 is 0 Å². The molecule has 2 N–H and O–H groups in total. The Morgan fingerprint density at radius 2 is 1.96 bits per heavy atom. The van der Waals surface area contributed by atoms with Crippen LogP contribution in [0.1, 0.15) is 0 Å². The normalized spacial score (nSPS) is 12.9. The van der Waals surface area contributed by atoms with E-state index in [2.05, 4.69) is 20.5 Å². The molecule has 0 radical (unpaired) electrons. The molecule has 112 valence electrons. The molecule has 4 aromatic rings. The van der Waals surface area contributed by atoms with Crippen molar-refractivity contribution in [3.8, 4) is 11.5 Å². The largest absolute Gasteiger partial charge is 0.454 e. The van der Waals surface area contributed by atoms with Gasteiger partial charge in [0.2, 0.25) is 6.79 Å². The fourth-order valence-electron chi connectivity index (χ4n) is 2.85. The predicted molar refractivity (Wildman–Crippen MR) is 87.2 cm³/mol. The Kier molecular flexibility index (Phi) is 2.46. The van der Waals surface area contributed by atoms with Gasteiger partial charge in [-0.15, -0.1) is 0 Å². The summed E-state index contributed by atoms with van der Waals surface area (Å²) in [5, 5.41) is 12.8. The number of aromatic nitrogens is 3. The zero-order chi connectivity index (χ0) is 15.2. The predicted octanol–water partition coefficient (Wildman–Crippen LogP) is 3.58. The second kappa shape index (κ2) is 4.61. The first-order valence-electron chi connectivity index (χ1n) is 7.27. The second-order valence-corrected chi connectivity index (χ2v) is 5.33. The molecular formula is C17H12N4O2. The lowest BCUT2D eigenvalue weighted by Gasteiger charge is -2.06. The van der Waals surface area contributed by atoms with Crippen molar-refractivity contribution in [1.29, 1.82) is 0 Å². The molecule has 2 aromatic heterocycles. The number of benzene rings is 2. The minimum Gasteiger partial charge on any atom is -0.454 e. The number of ether oxygens (including phenoxy) is 2. The van der Waals surface area contributed by atoms with Crippen molar-refractivity contribution in [3.63, 3.8) is 0 Å². The van der Waals surface area contributed by atoms with Crippen LogP contribution in [0.15, 0.2) is 48.7 Å². The summed E-state index contributed by atoms with van der Waals surface area (Å²) in [5.74, 6) is 2.26. The van der Waals surface area contributed by atoms with Gasteiger partial charge in [-0.05, 0) is 18.2 Å². The first-order chi connectivity index (χ1) is 11.4. The van der Waals surface area contributed by atoms with Gasteiger partial charge < -0.3 is 14.8 Å². The first kappa shape index (κ1) is 12.3. The summed E-state index contributed by atoms with van der Waals surface area (Å²) in [6, 6.07) is 13.8. The van der Waals surface area contributed by atoms with Gasteiger partial charge in [0.15, 0.2) is 17.3 Å². The van der Waals surface area contributed by atoms with Crippen LogP contribution in [0.4, 0.5) is 11.5 Å². The van der Waals surface area contributed by atoms with Crippen LogP contribution in [0.2, 0.25) is 0 Å². The molecule has 23 heavy (non-hydrogen) atoms. The van der Waals surface area contributed by atoms with Crippen molar-refractivity contribution in [3.05, 3.63) is 48.7 Å². The SMILES string of the molecule is c1ccc2c(c1)ncc1[nH]nc(Nc3ccc4c(c3)OCO4)c12. The Morgan fingerprint density at radius 1 is 1.04 bits per heavy atom. The highest BCUT2D eigenvalue weighted by molar-refractivity contribution is 6.10. The van der Waals surface area contributed by atoms with Crippen molar-refractivity contribution >= 4 is 33.3 Å².